The highest BCUT2D eigenvalue weighted by atomic mass is 19.1. The van der Waals surface area contributed by atoms with Crippen LogP contribution in [0.25, 0.3) is 0 Å². The van der Waals surface area contributed by atoms with Gasteiger partial charge in [-0.2, -0.15) is 0 Å². The van der Waals surface area contributed by atoms with Crippen molar-refractivity contribution in [2.75, 3.05) is 19.7 Å². The molecule has 0 N–H and O–H groups in total. The molecule has 0 aromatic heterocycles. The standard InChI is InChI=1S/C28H32FNO2/c29-27-16-8-7-15-26(27)17-20-30-19-10-9-18-28(30,32-22-25-13-5-2-6-14-25)23-31-21-24-11-3-1-4-12-24/h1-8,11-16H,9-10,17-23H2. The van der Waals surface area contributed by atoms with Crippen molar-refractivity contribution in [2.45, 2.75) is 44.6 Å². The smallest absolute Gasteiger partial charge is 0.145 e. The SMILES string of the molecule is Fc1ccccc1CCN1CCCCC1(COCc1ccccc1)OCc1ccccc1. The molecule has 32 heavy (non-hydrogen) atoms. The van der Waals surface area contributed by atoms with Gasteiger partial charge in [-0.3, -0.25) is 4.90 Å². The van der Waals surface area contributed by atoms with Crippen LogP contribution in [-0.4, -0.2) is 30.3 Å². The predicted molar refractivity (Wildman–Crippen MR) is 126 cm³/mol. The summed E-state index contributed by atoms with van der Waals surface area (Å²) in [5.41, 5.74) is 2.54. The molecule has 0 spiro atoms. The van der Waals surface area contributed by atoms with E-state index in [-0.39, 0.29) is 5.82 Å². The molecule has 3 nitrogen and oxygen atoms in total. The first-order valence-electron chi connectivity index (χ1n) is 11.5. The molecule has 4 heteroatoms. The number of benzene rings is 3. The van der Waals surface area contributed by atoms with Crippen molar-refractivity contribution < 1.29 is 13.9 Å². The largest absolute Gasteiger partial charge is 0.372 e. The van der Waals surface area contributed by atoms with Crippen LogP contribution in [-0.2, 0) is 29.1 Å². The van der Waals surface area contributed by atoms with Gasteiger partial charge in [0.1, 0.15) is 11.5 Å². The lowest BCUT2D eigenvalue weighted by Crippen LogP contribution is -2.57. The van der Waals surface area contributed by atoms with Gasteiger partial charge in [0.25, 0.3) is 0 Å². The first kappa shape index (κ1) is 22.7. The van der Waals surface area contributed by atoms with Crippen LogP contribution in [0.5, 0.6) is 0 Å². The van der Waals surface area contributed by atoms with Gasteiger partial charge in [-0.15, -0.1) is 0 Å². The lowest BCUT2D eigenvalue weighted by atomic mass is 9.97. The lowest BCUT2D eigenvalue weighted by Gasteiger charge is -2.46. The van der Waals surface area contributed by atoms with Gasteiger partial charge in [0, 0.05) is 13.1 Å². The Morgan fingerprint density at radius 1 is 0.781 bits per heavy atom. The molecule has 4 rings (SSSR count). The summed E-state index contributed by atoms with van der Waals surface area (Å²) in [6.45, 7) is 3.25. The van der Waals surface area contributed by atoms with Crippen LogP contribution in [0.2, 0.25) is 0 Å². The van der Waals surface area contributed by atoms with E-state index in [1.165, 1.54) is 6.07 Å². The minimum Gasteiger partial charge on any atom is -0.372 e. The average molecular weight is 434 g/mol. The second kappa shape index (κ2) is 11.4. The van der Waals surface area contributed by atoms with Crippen molar-refractivity contribution in [1.82, 2.24) is 4.90 Å². The van der Waals surface area contributed by atoms with Crippen molar-refractivity contribution >= 4 is 0 Å². The maximum atomic E-state index is 14.2. The highest BCUT2D eigenvalue weighted by Gasteiger charge is 2.40. The number of hydrogen-bond acceptors (Lipinski definition) is 3. The Morgan fingerprint density at radius 3 is 2.16 bits per heavy atom. The minimum absolute atomic E-state index is 0.138. The third kappa shape index (κ3) is 6.04. The van der Waals surface area contributed by atoms with E-state index in [9.17, 15) is 4.39 Å². The Balaban J connectivity index is 1.48. The van der Waals surface area contributed by atoms with E-state index in [0.29, 0.717) is 26.2 Å². The van der Waals surface area contributed by atoms with Gasteiger partial charge in [-0.1, -0.05) is 78.9 Å². The van der Waals surface area contributed by atoms with E-state index in [1.807, 2.05) is 48.5 Å². The second-order valence-corrected chi connectivity index (χ2v) is 8.48. The molecule has 168 valence electrons. The first-order chi connectivity index (χ1) is 15.8. The number of hydrogen-bond donors (Lipinski definition) is 0. The summed E-state index contributed by atoms with van der Waals surface area (Å²) >= 11 is 0. The summed E-state index contributed by atoms with van der Waals surface area (Å²) in [6.07, 6.45) is 3.78. The normalized spacial score (nSPS) is 19.2. The minimum atomic E-state index is -0.506. The maximum absolute atomic E-state index is 14.2. The van der Waals surface area contributed by atoms with Crippen molar-refractivity contribution in [3.8, 4) is 0 Å². The van der Waals surface area contributed by atoms with E-state index >= 15 is 0 Å². The Kier molecular flexibility index (Phi) is 8.05. The van der Waals surface area contributed by atoms with Crippen molar-refractivity contribution in [2.24, 2.45) is 0 Å². The van der Waals surface area contributed by atoms with Crippen LogP contribution in [0, 0.1) is 5.82 Å². The zero-order valence-electron chi connectivity index (χ0n) is 18.6. The topological polar surface area (TPSA) is 21.7 Å². The second-order valence-electron chi connectivity index (χ2n) is 8.48. The van der Waals surface area contributed by atoms with E-state index in [4.69, 9.17) is 9.47 Å². The molecule has 3 aromatic carbocycles. The molecule has 0 saturated carbocycles. The van der Waals surface area contributed by atoms with Crippen LogP contribution >= 0.6 is 0 Å². The molecule has 1 fully saturated rings. The highest BCUT2D eigenvalue weighted by Crippen LogP contribution is 2.32. The molecule has 1 unspecified atom stereocenters. The fourth-order valence-corrected chi connectivity index (χ4v) is 4.40. The van der Waals surface area contributed by atoms with Gasteiger partial charge in [-0.05, 0) is 48.4 Å². The van der Waals surface area contributed by atoms with Gasteiger partial charge in [-0.25, -0.2) is 4.39 Å². The Hall–Kier alpha value is -2.53. The third-order valence-electron chi connectivity index (χ3n) is 6.22. The van der Waals surface area contributed by atoms with Gasteiger partial charge in [0.15, 0.2) is 0 Å². The van der Waals surface area contributed by atoms with Crippen LogP contribution < -0.4 is 0 Å². The number of likely N-dealkylation sites (tertiary alicyclic amines) is 1. The highest BCUT2D eigenvalue weighted by molar-refractivity contribution is 5.18. The molecule has 0 radical (unpaired) electrons. The summed E-state index contributed by atoms with van der Waals surface area (Å²) in [4.78, 5) is 2.37. The maximum Gasteiger partial charge on any atom is 0.145 e. The molecule has 1 aliphatic rings. The van der Waals surface area contributed by atoms with E-state index in [1.54, 1.807) is 6.07 Å². The third-order valence-corrected chi connectivity index (χ3v) is 6.22. The van der Waals surface area contributed by atoms with E-state index in [0.717, 1.165) is 49.0 Å². The fraction of sp³-hybridized carbons (Fsp3) is 0.357. The molecule has 1 aliphatic heterocycles. The van der Waals surface area contributed by atoms with E-state index < -0.39 is 5.72 Å². The van der Waals surface area contributed by atoms with Crippen LogP contribution in [0.1, 0.15) is 36.0 Å². The predicted octanol–water partition coefficient (Wildman–Crippen LogP) is 5.98. The first-order valence-corrected chi connectivity index (χ1v) is 11.5. The van der Waals surface area contributed by atoms with Crippen LogP contribution in [0.4, 0.5) is 4.39 Å². The van der Waals surface area contributed by atoms with E-state index in [2.05, 4.69) is 29.2 Å². The monoisotopic (exact) mass is 433 g/mol. The van der Waals surface area contributed by atoms with Gasteiger partial charge in [0.2, 0.25) is 0 Å². The molecule has 1 heterocycles. The van der Waals surface area contributed by atoms with Gasteiger partial charge < -0.3 is 9.47 Å². The Labute approximate surface area is 190 Å². The number of halogens is 1. The molecule has 0 amide bonds. The summed E-state index contributed by atoms with van der Waals surface area (Å²) in [6, 6.07) is 27.5. The molecule has 0 bridgehead atoms. The lowest BCUT2D eigenvalue weighted by molar-refractivity contribution is -0.214. The molecule has 1 saturated heterocycles. The van der Waals surface area contributed by atoms with Gasteiger partial charge in [0.05, 0.1) is 19.8 Å². The number of ether oxygens (including phenoxy) is 2. The molecule has 0 aliphatic carbocycles. The number of piperidine rings is 1. The molecular formula is C28H32FNO2. The Morgan fingerprint density at radius 2 is 1.44 bits per heavy atom. The van der Waals surface area contributed by atoms with Crippen LogP contribution in [0.3, 0.4) is 0 Å². The molecular weight excluding hydrogens is 401 g/mol. The summed E-state index contributed by atoms with van der Waals surface area (Å²) in [5, 5.41) is 0. The van der Waals surface area contributed by atoms with Crippen molar-refractivity contribution in [3.63, 3.8) is 0 Å². The summed E-state index contributed by atoms with van der Waals surface area (Å²) < 4.78 is 27.1. The Bertz CT molecular complexity index is 950. The molecule has 1 atom stereocenters. The average Bonchev–Trinajstić information content (AvgIpc) is 2.84. The fourth-order valence-electron chi connectivity index (χ4n) is 4.40. The van der Waals surface area contributed by atoms with Gasteiger partial charge >= 0.3 is 0 Å². The van der Waals surface area contributed by atoms with Crippen LogP contribution in [0.15, 0.2) is 84.9 Å². The summed E-state index contributed by atoms with van der Waals surface area (Å²) in [5.74, 6) is -0.138. The zero-order chi connectivity index (χ0) is 22.1. The summed E-state index contributed by atoms with van der Waals surface area (Å²) in [7, 11) is 0. The number of nitrogens with zero attached hydrogens (tertiary/aromatic N) is 1. The molecule has 3 aromatic rings. The number of rotatable bonds is 10. The quantitative estimate of drug-likeness (QED) is 0.392. The van der Waals surface area contributed by atoms with Crippen molar-refractivity contribution in [3.05, 3.63) is 107 Å². The van der Waals surface area contributed by atoms with Crippen molar-refractivity contribution in [1.29, 1.82) is 0 Å². The zero-order valence-corrected chi connectivity index (χ0v) is 18.6.